The molecule has 0 spiro atoms. The molecule has 1 aliphatic heterocycles. The monoisotopic (exact) mass is 462 g/mol. The summed E-state index contributed by atoms with van der Waals surface area (Å²) in [7, 11) is -4.14. The Labute approximate surface area is 176 Å². The molecule has 1 saturated heterocycles. The highest BCUT2D eigenvalue weighted by Crippen LogP contribution is 2.25. The van der Waals surface area contributed by atoms with E-state index in [1.165, 1.54) is 17.0 Å². The lowest BCUT2D eigenvalue weighted by molar-refractivity contribution is -0.132. The molecule has 0 unspecified atom stereocenters. The maximum Gasteiger partial charge on any atom is 0.246 e. The maximum atomic E-state index is 13.9. The SMILES string of the molecule is O=C(CCOc1ccc(F)cc1Cl)N1CCN(S(=O)(=O)c2ccc(F)cc2F)CC1. The van der Waals surface area contributed by atoms with Crippen LogP contribution in [0.1, 0.15) is 6.42 Å². The first-order chi connectivity index (χ1) is 14.2. The fourth-order valence-electron chi connectivity index (χ4n) is 3.00. The van der Waals surface area contributed by atoms with Gasteiger partial charge in [-0.1, -0.05) is 11.6 Å². The zero-order chi connectivity index (χ0) is 21.9. The van der Waals surface area contributed by atoms with Gasteiger partial charge < -0.3 is 9.64 Å². The summed E-state index contributed by atoms with van der Waals surface area (Å²) in [5.74, 6) is -2.53. The first-order valence-corrected chi connectivity index (χ1v) is 10.8. The van der Waals surface area contributed by atoms with E-state index in [0.717, 1.165) is 22.5 Å². The third-order valence-corrected chi connectivity index (χ3v) is 6.80. The predicted molar refractivity (Wildman–Crippen MR) is 103 cm³/mol. The number of halogens is 4. The minimum Gasteiger partial charge on any atom is -0.491 e. The number of hydrogen-bond acceptors (Lipinski definition) is 4. The third kappa shape index (κ3) is 5.05. The molecule has 2 aromatic rings. The van der Waals surface area contributed by atoms with Gasteiger partial charge in [0.15, 0.2) is 0 Å². The second-order valence-electron chi connectivity index (χ2n) is 6.53. The molecule has 0 aliphatic carbocycles. The zero-order valence-electron chi connectivity index (χ0n) is 15.7. The normalized spacial score (nSPS) is 15.3. The Morgan fingerprint density at radius 3 is 2.27 bits per heavy atom. The molecule has 1 fully saturated rings. The smallest absolute Gasteiger partial charge is 0.246 e. The van der Waals surface area contributed by atoms with Crippen molar-refractivity contribution in [1.29, 1.82) is 0 Å². The lowest BCUT2D eigenvalue weighted by atomic mass is 10.3. The number of amides is 1. The molecule has 6 nitrogen and oxygen atoms in total. The van der Waals surface area contributed by atoms with E-state index in [-0.39, 0.29) is 55.9 Å². The molecule has 11 heteroatoms. The van der Waals surface area contributed by atoms with Crippen molar-refractivity contribution in [3.8, 4) is 5.75 Å². The third-order valence-electron chi connectivity index (χ3n) is 4.57. The average molecular weight is 463 g/mol. The van der Waals surface area contributed by atoms with Crippen LogP contribution in [0.4, 0.5) is 13.2 Å². The highest BCUT2D eigenvalue weighted by atomic mass is 35.5. The number of sulfonamides is 1. The number of carbonyl (C=O) groups excluding carboxylic acids is 1. The Balaban J connectivity index is 1.52. The van der Waals surface area contributed by atoms with Gasteiger partial charge in [0, 0.05) is 32.2 Å². The van der Waals surface area contributed by atoms with Crippen LogP contribution in [0.3, 0.4) is 0 Å². The van der Waals surface area contributed by atoms with Crippen LogP contribution in [0.25, 0.3) is 0 Å². The average Bonchev–Trinajstić information content (AvgIpc) is 2.69. The van der Waals surface area contributed by atoms with E-state index < -0.39 is 32.4 Å². The van der Waals surface area contributed by atoms with Gasteiger partial charge in [0.25, 0.3) is 0 Å². The lowest BCUT2D eigenvalue weighted by Gasteiger charge is -2.34. The van der Waals surface area contributed by atoms with Gasteiger partial charge in [-0.05, 0) is 30.3 Å². The van der Waals surface area contributed by atoms with Gasteiger partial charge in [0.1, 0.15) is 28.1 Å². The Bertz CT molecular complexity index is 1040. The van der Waals surface area contributed by atoms with Crippen LogP contribution in [0.15, 0.2) is 41.3 Å². The van der Waals surface area contributed by atoms with E-state index in [4.69, 9.17) is 16.3 Å². The molecular formula is C19H18ClF3N2O4S. The molecule has 0 saturated carbocycles. The van der Waals surface area contributed by atoms with Crippen molar-refractivity contribution >= 4 is 27.5 Å². The summed E-state index contributed by atoms with van der Waals surface area (Å²) in [6.07, 6.45) is 0.0209. The van der Waals surface area contributed by atoms with Crippen molar-refractivity contribution in [3.05, 3.63) is 58.9 Å². The molecule has 2 aromatic carbocycles. The minimum absolute atomic E-state index is 0.0174. The van der Waals surface area contributed by atoms with Crippen LogP contribution in [0, 0.1) is 17.5 Å². The largest absolute Gasteiger partial charge is 0.491 e. The highest BCUT2D eigenvalue weighted by Gasteiger charge is 2.32. The molecular weight excluding hydrogens is 445 g/mol. The second kappa shape index (κ2) is 9.23. The molecule has 0 N–H and O–H groups in total. The van der Waals surface area contributed by atoms with Gasteiger partial charge in [-0.3, -0.25) is 4.79 Å². The van der Waals surface area contributed by atoms with Crippen molar-refractivity contribution in [2.45, 2.75) is 11.3 Å². The standard InChI is InChI=1S/C19H18ClF3N2O4S/c20-15-11-13(21)1-3-17(15)29-10-5-19(26)24-6-8-25(9-7-24)30(27,28)18-4-2-14(22)12-16(18)23/h1-4,11-12H,5-10H2. The Morgan fingerprint density at radius 1 is 1.00 bits per heavy atom. The highest BCUT2D eigenvalue weighted by molar-refractivity contribution is 7.89. The van der Waals surface area contributed by atoms with Gasteiger partial charge in [-0.25, -0.2) is 21.6 Å². The fraction of sp³-hybridized carbons (Fsp3) is 0.316. The van der Waals surface area contributed by atoms with Crippen molar-refractivity contribution in [1.82, 2.24) is 9.21 Å². The molecule has 1 amide bonds. The van der Waals surface area contributed by atoms with Crippen LogP contribution in [0.2, 0.25) is 5.02 Å². The summed E-state index contributed by atoms with van der Waals surface area (Å²) < 4.78 is 71.5. The Hall–Kier alpha value is -2.30. The molecule has 1 aliphatic rings. The molecule has 30 heavy (non-hydrogen) atoms. The van der Waals surface area contributed by atoms with Gasteiger partial charge in [0.2, 0.25) is 15.9 Å². The van der Waals surface area contributed by atoms with Crippen LogP contribution >= 0.6 is 11.6 Å². The fourth-order valence-corrected chi connectivity index (χ4v) is 4.69. The molecule has 1 heterocycles. The number of piperazine rings is 1. The first kappa shape index (κ1) is 22.4. The van der Waals surface area contributed by atoms with E-state index in [0.29, 0.717) is 6.07 Å². The Morgan fingerprint density at radius 2 is 1.63 bits per heavy atom. The number of hydrogen-bond donors (Lipinski definition) is 0. The topological polar surface area (TPSA) is 66.9 Å². The van der Waals surface area contributed by atoms with Gasteiger partial charge in [-0.15, -0.1) is 0 Å². The van der Waals surface area contributed by atoms with Crippen LogP contribution in [-0.4, -0.2) is 56.3 Å². The molecule has 162 valence electrons. The van der Waals surface area contributed by atoms with Crippen molar-refractivity contribution in [2.75, 3.05) is 32.8 Å². The van der Waals surface area contributed by atoms with Crippen LogP contribution < -0.4 is 4.74 Å². The van der Waals surface area contributed by atoms with Crippen molar-refractivity contribution in [3.63, 3.8) is 0 Å². The van der Waals surface area contributed by atoms with Gasteiger partial charge >= 0.3 is 0 Å². The summed E-state index contributed by atoms with van der Waals surface area (Å²) in [6, 6.07) is 5.92. The quantitative estimate of drug-likeness (QED) is 0.662. The molecule has 0 aromatic heterocycles. The molecule has 3 rings (SSSR count). The molecule has 0 radical (unpaired) electrons. The maximum absolute atomic E-state index is 13.9. The summed E-state index contributed by atoms with van der Waals surface area (Å²) in [5.41, 5.74) is 0. The predicted octanol–water partition coefficient (Wildman–Crippen LogP) is 3.06. The van der Waals surface area contributed by atoms with Gasteiger partial charge in [0.05, 0.1) is 18.1 Å². The minimum atomic E-state index is -4.14. The first-order valence-electron chi connectivity index (χ1n) is 8.99. The lowest BCUT2D eigenvalue weighted by Crippen LogP contribution is -2.50. The molecule has 0 bridgehead atoms. The summed E-state index contributed by atoms with van der Waals surface area (Å²) in [6.45, 7) is 0.227. The van der Waals surface area contributed by atoms with E-state index in [2.05, 4.69) is 0 Å². The van der Waals surface area contributed by atoms with Crippen molar-refractivity contribution < 1.29 is 31.1 Å². The van der Waals surface area contributed by atoms with E-state index in [1.807, 2.05) is 0 Å². The van der Waals surface area contributed by atoms with E-state index in [9.17, 15) is 26.4 Å². The van der Waals surface area contributed by atoms with Crippen molar-refractivity contribution in [2.24, 2.45) is 0 Å². The zero-order valence-corrected chi connectivity index (χ0v) is 17.2. The number of ether oxygens (including phenoxy) is 1. The number of benzene rings is 2. The second-order valence-corrected chi connectivity index (χ2v) is 8.85. The summed E-state index contributed by atoms with van der Waals surface area (Å²) >= 11 is 5.85. The van der Waals surface area contributed by atoms with E-state index in [1.54, 1.807) is 0 Å². The summed E-state index contributed by atoms with van der Waals surface area (Å²) in [4.78, 5) is 13.2. The van der Waals surface area contributed by atoms with Gasteiger partial charge in [-0.2, -0.15) is 4.31 Å². The van der Waals surface area contributed by atoms with Crippen LogP contribution in [0.5, 0.6) is 5.75 Å². The van der Waals surface area contributed by atoms with E-state index >= 15 is 0 Å². The summed E-state index contributed by atoms with van der Waals surface area (Å²) in [5, 5.41) is 0.0919. The number of carbonyl (C=O) groups is 1. The number of rotatable bonds is 6. The number of nitrogens with zero attached hydrogens (tertiary/aromatic N) is 2. The van der Waals surface area contributed by atoms with Crippen LogP contribution in [-0.2, 0) is 14.8 Å². The molecule has 0 atom stereocenters. The Kier molecular flexibility index (Phi) is 6.89.